The second kappa shape index (κ2) is 10.8. The smallest absolute Gasteiger partial charge is 0.312 e. The summed E-state index contributed by atoms with van der Waals surface area (Å²) >= 11 is 0. The lowest BCUT2D eigenvalue weighted by Crippen LogP contribution is -2.59. The van der Waals surface area contributed by atoms with E-state index in [1.165, 1.54) is 4.90 Å². The summed E-state index contributed by atoms with van der Waals surface area (Å²) in [7, 11) is 0. The van der Waals surface area contributed by atoms with Gasteiger partial charge in [-0.1, -0.05) is 44.2 Å². The van der Waals surface area contributed by atoms with Gasteiger partial charge in [0.15, 0.2) is 0 Å². The summed E-state index contributed by atoms with van der Waals surface area (Å²) in [5, 5.41) is 19.0. The third-order valence-electron chi connectivity index (χ3n) is 9.26. The van der Waals surface area contributed by atoms with Crippen LogP contribution in [-0.4, -0.2) is 90.7 Å². The molecule has 3 fully saturated rings. The first-order valence-corrected chi connectivity index (χ1v) is 14.5. The number of amides is 2. The number of esters is 1. The largest absolute Gasteiger partial charge is 0.466 e. The minimum Gasteiger partial charge on any atom is -0.466 e. The number of rotatable bonds is 11. The van der Waals surface area contributed by atoms with E-state index < -0.39 is 41.1 Å². The van der Waals surface area contributed by atoms with Gasteiger partial charge in [0.25, 0.3) is 0 Å². The molecular weight excluding hydrogens is 526 g/mol. The molecule has 2 bridgehead atoms. The van der Waals surface area contributed by atoms with Crippen LogP contribution in [0.2, 0.25) is 0 Å². The second-order valence-electron chi connectivity index (χ2n) is 12.2. The van der Waals surface area contributed by atoms with Crippen molar-refractivity contribution < 1.29 is 29.0 Å². The highest BCUT2D eigenvalue weighted by Gasteiger charge is 2.80. The summed E-state index contributed by atoms with van der Waals surface area (Å²) in [6.07, 6.45) is 2.54. The Balaban J connectivity index is 1.61. The van der Waals surface area contributed by atoms with Crippen LogP contribution in [0.5, 0.6) is 0 Å². The van der Waals surface area contributed by atoms with Gasteiger partial charge in [0, 0.05) is 6.54 Å². The number of hydrogen-bond donors (Lipinski definition) is 1. The van der Waals surface area contributed by atoms with E-state index in [4.69, 9.17) is 9.47 Å². The van der Waals surface area contributed by atoms with Crippen molar-refractivity contribution in [2.75, 3.05) is 19.8 Å². The van der Waals surface area contributed by atoms with Gasteiger partial charge in [0.2, 0.25) is 11.8 Å². The third-order valence-corrected chi connectivity index (χ3v) is 9.26. The summed E-state index contributed by atoms with van der Waals surface area (Å²) in [6.45, 7) is 13.6. The van der Waals surface area contributed by atoms with Crippen LogP contribution in [0.25, 0.3) is 11.0 Å². The predicted octanol–water partition coefficient (Wildman–Crippen LogP) is 2.38. The average molecular weight is 568 g/mol. The van der Waals surface area contributed by atoms with E-state index in [0.29, 0.717) is 18.4 Å². The van der Waals surface area contributed by atoms with Crippen LogP contribution in [-0.2, 0) is 30.5 Å². The summed E-state index contributed by atoms with van der Waals surface area (Å²) in [4.78, 5) is 45.7. The van der Waals surface area contributed by atoms with Crippen molar-refractivity contribution in [3.05, 3.63) is 36.9 Å². The fourth-order valence-electron chi connectivity index (χ4n) is 7.49. The van der Waals surface area contributed by atoms with Crippen LogP contribution in [0, 0.1) is 23.7 Å². The fourth-order valence-corrected chi connectivity index (χ4v) is 7.49. The fraction of sp³-hybridized carbons (Fsp3) is 0.633. The van der Waals surface area contributed by atoms with Crippen molar-refractivity contribution in [1.29, 1.82) is 0 Å². The Morgan fingerprint density at radius 3 is 2.73 bits per heavy atom. The highest BCUT2D eigenvalue weighted by molar-refractivity contribution is 5.98. The number of fused-ring (bicyclic) bond motifs is 2. The molecule has 11 nitrogen and oxygen atoms in total. The summed E-state index contributed by atoms with van der Waals surface area (Å²) in [6, 6.07) is 5.81. The Hall–Kier alpha value is -3.31. The molecule has 3 unspecified atom stereocenters. The average Bonchev–Trinajstić information content (AvgIpc) is 3.60. The molecule has 1 N–H and O–H groups in total. The Bertz CT molecular complexity index is 1340. The van der Waals surface area contributed by atoms with E-state index in [-0.39, 0.29) is 50.1 Å². The molecule has 1 aromatic carbocycles. The zero-order valence-electron chi connectivity index (χ0n) is 24.5. The Kier molecular flexibility index (Phi) is 7.71. The highest BCUT2D eigenvalue weighted by Crippen LogP contribution is 2.65. The number of benzene rings is 1. The van der Waals surface area contributed by atoms with E-state index in [1.807, 2.05) is 52.0 Å². The van der Waals surface area contributed by atoms with Crippen LogP contribution in [0.15, 0.2) is 36.9 Å². The van der Waals surface area contributed by atoms with Crippen LogP contribution in [0.4, 0.5) is 0 Å². The lowest BCUT2D eigenvalue weighted by molar-refractivity contribution is -0.164. The number of ether oxygens (including phenoxy) is 2. The summed E-state index contributed by atoms with van der Waals surface area (Å²) in [5.41, 5.74) is -0.744. The first-order chi connectivity index (χ1) is 19.5. The van der Waals surface area contributed by atoms with Crippen LogP contribution in [0.3, 0.4) is 0 Å². The normalized spacial score (nSPS) is 31.1. The molecule has 2 amide bonds. The second-order valence-corrected chi connectivity index (χ2v) is 12.2. The molecular formula is C30H41N5O6. The molecule has 0 radical (unpaired) electrons. The van der Waals surface area contributed by atoms with Crippen LogP contribution in [0.1, 0.15) is 47.5 Å². The van der Waals surface area contributed by atoms with Gasteiger partial charge in [-0.05, 0) is 50.7 Å². The van der Waals surface area contributed by atoms with Gasteiger partial charge in [-0.25, -0.2) is 4.68 Å². The number of carbonyl (C=O) groups is 3. The van der Waals surface area contributed by atoms with Crippen molar-refractivity contribution in [3.8, 4) is 0 Å². The molecule has 5 rings (SSSR count). The molecule has 11 heteroatoms. The minimum atomic E-state index is -1.24. The SMILES string of the molecule is C=CCN(Cn1nnc2ccccc21)C(=O)C1N([C@@H](CO)CC(C)C)C(=O)[C@@H]2[C@H](C(=O)OCC)[C@@]3(C)OC12CC3C. The highest BCUT2D eigenvalue weighted by atomic mass is 16.6. The molecule has 41 heavy (non-hydrogen) atoms. The predicted molar refractivity (Wildman–Crippen MR) is 150 cm³/mol. The number of aromatic nitrogens is 3. The maximum Gasteiger partial charge on any atom is 0.312 e. The minimum absolute atomic E-state index is 0.0761. The molecule has 3 aliphatic rings. The van der Waals surface area contributed by atoms with Crippen molar-refractivity contribution in [3.63, 3.8) is 0 Å². The van der Waals surface area contributed by atoms with Gasteiger partial charge in [0.05, 0.1) is 36.3 Å². The van der Waals surface area contributed by atoms with Crippen LogP contribution < -0.4 is 0 Å². The van der Waals surface area contributed by atoms with Crippen LogP contribution >= 0.6 is 0 Å². The zero-order chi connectivity index (χ0) is 29.7. The van der Waals surface area contributed by atoms with E-state index in [2.05, 4.69) is 16.9 Å². The van der Waals surface area contributed by atoms with Crippen molar-refractivity contribution >= 4 is 28.8 Å². The van der Waals surface area contributed by atoms with Gasteiger partial charge in [-0.15, -0.1) is 11.7 Å². The number of likely N-dealkylation sites (tertiary alicyclic amines) is 1. The standard InChI is InChI=1S/C30H41N5O6/c1-7-13-33(17-34-22-12-10-9-11-21(22)31-32-34)27(38)25-30-15-19(5)29(6,41-30)24(28(39)40-8-2)23(30)26(37)35(25)20(16-36)14-18(3)4/h7,9-12,18-20,23-25,36H,1,8,13-17H2,2-6H3/t19?,20-,23+,24-,25?,29+,30?/m1/s1. The van der Waals surface area contributed by atoms with Gasteiger partial charge < -0.3 is 24.4 Å². The number of aliphatic hydroxyl groups excluding tert-OH is 1. The number of para-hydroxylation sites is 1. The van der Waals surface area contributed by atoms with Gasteiger partial charge >= 0.3 is 5.97 Å². The molecule has 2 aromatic rings. The Morgan fingerprint density at radius 2 is 2.07 bits per heavy atom. The number of aliphatic hydroxyl groups is 1. The lowest BCUT2D eigenvalue weighted by Gasteiger charge is -2.39. The van der Waals surface area contributed by atoms with E-state index >= 15 is 0 Å². The quantitative estimate of drug-likeness (QED) is 0.324. The Morgan fingerprint density at radius 1 is 1.34 bits per heavy atom. The van der Waals surface area contributed by atoms with Crippen molar-refractivity contribution in [2.45, 2.75) is 77.4 Å². The van der Waals surface area contributed by atoms with Crippen molar-refractivity contribution in [2.24, 2.45) is 23.7 Å². The topological polar surface area (TPSA) is 127 Å². The number of nitrogens with zero attached hydrogens (tertiary/aromatic N) is 5. The summed E-state index contributed by atoms with van der Waals surface area (Å²) in [5.74, 6) is -2.89. The zero-order valence-corrected chi connectivity index (χ0v) is 24.5. The van der Waals surface area contributed by atoms with Crippen molar-refractivity contribution in [1.82, 2.24) is 24.8 Å². The van der Waals surface area contributed by atoms with E-state index in [0.717, 1.165) is 5.52 Å². The van der Waals surface area contributed by atoms with E-state index in [1.54, 1.807) is 22.6 Å². The monoisotopic (exact) mass is 567 g/mol. The first-order valence-electron chi connectivity index (χ1n) is 14.5. The first kappa shape index (κ1) is 29.2. The third kappa shape index (κ3) is 4.44. The molecule has 0 aliphatic carbocycles. The molecule has 3 aliphatic heterocycles. The molecule has 4 heterocycles. The molecule has 7 atom stereocenters. The lowest BCUT2D eigenvalue weighted by atomic mass is 9.62. The summed E-state index contributed by atoms with van der Waals surface area (Å²) < 4.78 is 13.9. The molecule has 0 saturated carbocycles. The van der Waals surface area contributed by atoms with E-state index in [9.17, 15) is 19.5 Å². The maximum absolute atomic E-state index is 14.7. The molecule has 1 aromatic heterocycles. The number of carbonyl (C=O) groups excluding carboxylic acids is 3. The van der Waals surface area contributed by atoms with Gasteiger partial charge in [0.1, 0.15) is 29.7 Å². The van der Waals surface area contributed by atoms with Gasteiger partial charge in [-0.3, -0.25) is 14.4 Å². The number of hydrogen-bond acceptors (Lipinski definition) is 8. The maximum atomic E-state index is 14.7. The molecule has 1 spiro atoms. The molecule has 222 valence electrons. The molecule has 3 saturated heterocycles. The Labute approximate surface area is 240 Å². The van der Waals surface area contributed by atoms with Gasteiger partial charge in [-0.2, -0.15) is 0 Å².